The van der Waals surface area contributed by atoms with Crippen LogP contribution < -0.4 is 11.1 Å². The Morgan fingerprint density at radius 3 is 2.92 bits per heavy atom. The number of carbonyl (C=O) groups is 1. The molecule has 0 aliphatic carbocycles. The molecule has 1 aliphatic rings. The van der Waals surface area contributed by atoms with Crippen LogP contribution in [-0.4, -0.2) is 5.91 Å². The number of para-hydroxylation sites is 1. The summed E-state index contributed by atoms with van der Waals surface area (Å²) in [6.07, 6.45) is 0. The number of hydrogen-bond donors (Lipinski definition) is 2. The third-order valence-electron chi connectivity index (χ3n) is 1.71. The summed E-state index contributed by atoms with van der Waals surface area (Å²) in [5, 5.41) is 4.37. The molecule has 2 rings (SSSR count). The van der Waals surface area contributed by atoms with Crippen LogP contribution in [0.5, 0.6) is 0 Å². The standard InChI is InChI=1S/C9H8N2OS/c10-6-5-13-8-4-2-1-3-7(8)11-9(6)12/h1-5H,10H2,(H,11,12). The zero-order valence-corrected chi connectivity index (χ0v) is 7.60. The predicted octanol–water partition coefficient (Wildman–Crippen LogP) is 1.53. The fourth-order valence-electron chi connectivity index (χ4n) is 1.05. The van der Waals surface area contributed by atoms with Crippen molar-refractivity contribution in [1.29, 1.82) is 0 Å². The predicted molar refractivity (Wildman–Crippen MR) is 53.2 cm³/mol. The number of thioether (sulfide) groups is 1. The number of nitrogens with two attached hydrogens (primary N) is 1. The van der Waals surface area contributed by atoms with E-state index in [4.69, 9.17) is 5.73 Å². The first-order chi connectivity index (χ1) is 6.27. The number of amides is 1. The summed E-state index contributed by atoms with van der Waals surface area (Å²) in [4.78, 5) is 12.3. The average molecular weight is 192 g/mol. The molecule has 0 fully saturated rings. The fraction of sp³-hybridized carbons (Fsp3) is 0. The van der Waals surface area contributed by atoms with Crippen molar-refractivity contribution in [1.82, 2.24) is 0 Å². The number of rotatable bonds is 0. The number of hydrogen-bond acceptors (Lipinski definition) is 3. The number of nitrogens with one attached hydrogen (secondary N) is 1. The molecule has 0 saturated heterocycles. The van der Waals surface area contributed by atoms with E-state index in [1.807, 2.05) is 24.3 Å². The van der Waals surface area contributed by atoms with Gasteiger partial charge in [-0.3, -0.25) is 4.79 Å². The third-order valence-corrected chi connectivity index (χ3v) is 2.69. The molecule has 1 aliphatic heterocycles. The molecule has 1 heterocycles. The van der Waals surface area contributed by atoms with Gasteiger partial charge in [-0.2, -0.15) is 0 Å². The topological polar surface area (TPSA) is 55.1 Å². The van der Waals surface area contributed by atoms with Gasteiger partial charge in [0.05, 0.1) is 5.69 Å². The highest BCUT2D eigenvalue weighted by molar-refractivity contribution is 8.02. The molecule has 0 spiro atoms. The number of anilines is 1. The van der Waals surface area contributed by atoms with E-state index in [1.165, 1.54) is 11.8 Å². The van der Waals surface area contributed by atoms with Crippen molar-refractivity contribution in [3.8, 4) is 0 Å². The van der Waals surface area contributed by atoms with Crippen LogP contribution in [0.1, 0.15) is 0 Å². The van der Waals surface area contributed by atoms with Crippen LogP contribution in [0.25, 0.3) is 0 Å². The van der Waals surface area contributed by atoms with Crippen LogP contribution in [0, 0.1) is 0 Å². The second kappa shape index (κ2) is 3.14. The Morgan fingerprint density at radius 2 is 2.08 bits per heavy atom. The maximum absolute atomic E-state index is 11.3. The van der Waals surface area contributed by atoms with Gasteiger partial charge < -0.3 is 11.1 Å². The summed E-state index contributed by atoms with van der Waals surface area (Å²) in [5.41, 5.74) is 6.55. The quantitative estimate of drug-likeness (QED) is 0.655. The van der Waals surface area contributed by atoms with Crippen molar-refractivity contribution in [3.63, 3.8) is 0 Å². The minimum atomic E-state index is -0.238. The van der Waals surface area contributed by atoms with E-state index in [1.54, 1.807) is 5.41 Å². The van der Waals surface area contributed by atoms with E-state index in [0.29, 0.717) is 0 Å². The molecule has 0 aromatic heterocycles. The SMILES string of the molecule is NC1=CSc2ccccc2NC1=O. The van der Waals surface area contributed by atoms with Gasteiger partial charge in [-0.05, 0) is 12.1 Å². The van der Waals surface area contributed by atoms with Crippen molar-refractivity contribution >= 4 is 23.4 Å². The first kappa shape index (κ1) is 8.19. The largest absolute Gasteiger partial charge is 0.394 e. The average Bonchev–Trinajstić information content (AvgIpc) is 2.28. The Balaban J connectivity index is 2.44. The molecular weight excluding hydrogens is 184 g/mol. The van der Waals surface area contributed by atoms with Crippen LogP contribution in [-0.2, 0) is 4.79 Å². The zero-order chi connectivity index (χ0) is 9.26. The van der Waals surface area contributed by atoms with Crippen LogP contribution in [0.2, 0.25) is 0 Å². The zero-order valence-electron chi connectivity index (χ0n) is 6.78. The molecule has 1 amide bonds. The first-order valence-electron chi connectivity index (χ1n) is 3.80. The summed E-state index contributed by atoms with van der Waals surface area (Å²) < 4.78 is 0. The molecule has 0 bridgehead atoms. The van der Waals surface area contributed by atoms with E-state index in [2.05, 4.69) is 5.32 Å². The lowest BCUT2D eigenvalue weighted by atomic mass is 10.3. The highest BCUT2D eigenvalue weighted by Gasteiger charge is 2.12. The van der Waals surface area contributed by atoms with Crippen molar-refractivity contribution in [3.05, 3.63) is 35.4 Å². The van der Waals surface area contributed by atoms with Gasteiger partial charge in [-0.25, -0.2) is 0 Å². The molecule has 0 atom stereocenters. The Kier molecular flexibility index (Phi) is 1.98. The van der Waals surface area contributed by atoms with E-state index >= 15 is 0 Å². The second-order valence-electron chi connectivity index (χ2n) is 2.64. The molecular formula is C9H8N2OS. The van der Waals surface area contributed by atoms with Crippen LogP contribution in [0.4, 0.5) is 5.69 Å². The summed E-state index contributed by atoms with van der Waals surface area (Å²) in [7, 11) is 0. The second-order valence-corrected chi connectivity index (χ2v) is 3.55. The molecule has 3 nitrogen and oxygen atoms in total. The lowest BCUT2D eigenvalue weighted by Gasteiger charge is -2.04. The van der Waals surface area contributed by atoms with Crippen molar-refractivity contribution in [2.75, 3.05) is 5.32 Å². The Bertz CT molecular complexity index is 387. The molecule has 4 heteroatoms. The van der Waals surface area contributed by atoms with Gasteiger partial charge in [0, 0.05) is 10.3 Å². The van der Waals surface area contributed by atoms with Gasteiger partial charge in [0.1, 0.15) is 5.70 Å². The number of carbonyl (C=O) groups excluding carboxylic acids is 1. The van der Waals surface area contributed by atoms with E-state index in [-0.39, 0.29) is 11.6 Å². The van der Waals surface area contributed by atoms with E-state index in [0.717, 1.165) is 10.6 Å². The summed E-state index contributed by atoms with van der Waals surface area (Å²) in [6.45, 7) is 0. The van der Waals surface area contributed by atoms with Crippen LogP contribution in [0.3, 0.4) is 0 Å². The van der Waals surface area contributed by atoms with Gasteiger partial charge in [0.25, 0.3) is 5.91 Å². The van der Waals surface area contributed by atoms with Crippen molar-refractivity contribution < 1.29 is 4.79 Å². The molecule has 66 valence electrons. The minimum Gasteiger partial charge on any atom is -0.394 e. The Morgan fingerprint density at radius 1 is 1.31 bits per heavy atom. The maximum Gasteiger partial charge on any atom is 0.272 e. The lowest BCUT2D eigenvalue weighted by Crippen LogP contribution is -2.18. The highest BCUT2D eigenvalue weighted by atomic mass is 32.2. The van der Waals surface area contributed by atoms with E-state index in [9.17, 15) is 4.79 Å². The van der Waals surface area contributed by atoms with Gasteiger partial charge >= 0.3 is 0 Å². The van der Waals surface area contributed by atoms with Gasteiger partial charge in [-0.1, -0.05) is 23.9 Å². The van der Waals surface area contributed by atoms with Gasteiger partial charge in [0.15, 0.2) is 0 Å². The van der Waals surface area contributed by atoms with Gasteiger partial charge in [-0.15, -0.1) is 0 Å². The molecule has 3 N–H and O–H groups in total. The summed E-state index contributed by atoms with van der Waals surface area (Å²) in [6, 6.07) is 7.59. The normalized spacial score (nSPS) is 15.4. The smallest absolute Gasteiger partial charge is 0.272 e. The lowest BCUT2D eigenvalue weighted by molar-refractivity contribution is -0.112. The molecule has 13 heavy (non-hydrogen) atoms. The molecule has 1 aromatic rings. The maximum atomic E-state index is 11.3. The number of fused-ring (bicyclic) bond motifs is 1. The van der Waals surface area contributed by atoms with Crippen molar-refractivity contribution in [2.24, 2.45) is 5.73 Å². The van der Waals surface area contributed by atoms with Gasteiger partial charge in [0.2, 0.25) is 0 Å². The summed E-state index contributed by atoms with van der Waals surface area (Å²) >= 11 is 1.45. The molecule has 0 saturated carbocycles. The van der Waals surface area contributed by atoms with Crippen LogP contribution in [0.15, 0.2) is 40.3 Å². The summed E-state index contributed by atoms with van der Waals surface area (Å²) in [5.74, 6) is -0.238. The Hall–Kier alpha value is -1.42. The first-order valence-corrected chi connectivity index (χ1v) is 4.68. The molecule has 0 unspecified atom stereocenters. The monoisotopic (exact) mass is 192 g/mol. The number of benzene rings is 1. The van der Waals surface area contributed by atoms with Crippen molar-refractivity contribution in [2.45, 2.75) is 4.90 Å². The fourth-order valence-corrected chi connectivity index (χ4v) is 1.81. The Labute approximate surface area is 80.0 Å². The minimum absolute atomic E-state index is 0.238. The van der Waals surface area contributed by atoms with Crippen LogP contribution >= 0.6 is 11.8 Å². The van der Waals surface area contributed by atoms with E-state index < -0.39 is 0 Å². The third kappa shape index (κ3) is 1.53. The molecule has 1 aromatic carbocycles. The highest BCUT2D eigenvalue weighted by Crippen LogP contribution is 2.30. The molecule has 0 radical (unpaired) electrons.